The summed E-state index contributed by atoms with van der Waals surface area (Å²) in [6.07, 6.45) is 0.789. The maximum Gasteiger partial charge on any atom is 0.251 e. The Morgan fingerprint density at radius 1 is 1.00 bits per heavy atom. The van der Waals surface area contributed by atoms with E-state index in [1.54, 1.807) is 6.07 Å². The number of aryl methyl sites for hydroxylation is 1. The minimum Gasteiger partial charge on any atom is -0.357 e. The van der Waals surface area contributed by atoms with Crippen LogP contribution in [0, 0.1) is 12.7 Å². The molecule has 0 aliphatic rings. The van der Waals surface area contributed by atoms with Gasteiger partial charge in [-0.05, 0) is 68.1 Å². The molecule has 0 atom stereocenters. The van der Waals surface area contributed by atoms with E-state index in [0.29, 0.717) is 25.2 Å². The molecule has 0 saturated carbocycles. The first-order chi connectivity index (χ1) is 13.5. The second-order valence-electron chi connectivity index (χ2n) is 6.50. The predicted octanol–water partition coefficient (Wildman–Crippen LogP) is 3.18. The van der Waals surface area contributed by atoms with Gasteiger partial charge in [-0.3, -0.25) is 4.79 Å². The van der Waals surface area contributed by atoms with Crippen molar-refractivity contribution in [3.8, 4) is 0 Å². The van der Waals surface area contributed by atoms with Gasteiger partial charge in [0.25, 0.3) is 5.91 Å². The van der Waals surface area contributed by atoms with Gasteiger partial charge >= 0.3 is 0 Å². The molecule has 0 unspecified atom stereocenters. The molecule has 2 aromatic rings. The normalized spacial score (nSPS) is 11.2. The Kier molecular flexibility index (Phi) is 8.46. The number of nitrogens with zero attached hydrogens (tertiary/aromatic N) is 1. The van der Waals surface area contributed by atoms with Crippen molar-refractivity contribution in [2.75, 3.05) is 19.6 Å². The zero-order chi connectivity index (χ0) is 20.4. The summed E-state index contributed by atoms with van der Waals surface area (Å²) >= 11 is 0. The molecule has 28 heavy (non-hydrogen) atoms. The second-order valence-corrected chi connectivity index (χ2v) is 6.50. The molecule has 5 nitrogen and oxygen atoms in total. The standard InChI is InChI=1S/C22H29FN4O/c1-4-24-21(28)19-8-6-17(7-9-19)15-27-22(25-5-2)26-13-12-18-10-11-20(23)14-16(18)3/h6-11,14H,4-5,12-13,15H2,1-3H3,(H,24,28)(H2,25,26,27). The van der Waals surface area contributed by atoms with Gasteiger partial charge in [0.2, 0.25) is 0 Å². The summed E-state index contributed by atoms with van der Waals surface area (Å²) in [4.78, 5) is 16.4. The summed E-state index contributed by atoms with van der Waals surface area (Å²) in [6.45, 7) is 8.42. The summed E-state index contributed by atoms with van der Waals surface area (Å²) < 4.78 is 13.2. The van der Waals surface area contributed by atoms with Crippen LogP contribution in [0.2, 0.25) is 0 Å². The number of hydrogen-bond donors (Lipinski definition) is 3. The summed E-state index contributed by atoms with van der Waals surface area (Å²) in [7, 11) is 0. The molecule has 3 N–H and O–H groups in total. The van der Waals surface area contributed by atoms with Gasteiger partial charge in [-0.25, -0.2) is 9.38 Å². The second kappa shape index (κ2) is 11.1. The van der Waals surface area contributed by atoms with E-state index in [2.05, 4.69) is 20.9 Å². The van der Waals surface area contributed by atoms with Gasteiger partial charge in [0.05, 0.1) is 6.54 Å². The quantitative estimate of drug-likeness (QED) is 0.484. The molecule has 0 heterocycles. The zero-order valence-electron chi connectivity index (χ0n) is 16.8. The molecule has 0 aliphatic carbocycles. The largest absolute Gasteiger partial charge is 0.357 e. The number of benzene rings is 2. The maximum atomic E-state index is 13.2. The number of guanidine groups is 1. The van der Waals surface area contributed by atoms with Gasteiger partial charge in [-0.2, -0.15) is 0 Å². The number of halogens is 1. The van der Waals surface area contributed by atoms with Crippen molar-refractivity contribution in [2.24, 2.45) is 4.99 Å². The highest BCUT2D eigenvalue weighted by molar-refractivity contribution is 5.94. The molecule has 0 aliphatic heterocycles. The lowest BCUT2D eigenvalue weighted by Crippen LogP contribution is -2.38. The number of rotatable bonds is 8. The number of amides is 1. The first-order valence-electron chi connectivity index (χ1n) is 9.67. The van der Waals surface area contributed by atoms with Crippen LogP contribution in [-0.4, -0.2) is 31.5 Å². The fourth-order valence-electron chi connectivity index (χ4n) is 2.79. The molecule has 0 spiro atoms. The monoisotopic (exact) mass is 384 g/mol. The highest BCUT2D eigenvalue weighted by Crippen LogP contribution is 2.10. The average molecular weight is 384 g/mol. The summed E-state index contributed by atoms with van der Waals surface area (Å²) in [5, 5.41) is 9.32. The van der Waals surface area contributed by atoms with Crippen molar-refractivity contribution in [1.29, 1.82) is 0 Å². The van der Waals surface area contributed by atoms with Crippen molar-refractivity contribution in [3.63, 3.8) is 0 Å². The Morgan fingerprint density at radius 3 is 2.36 bits per heavy atom. The van der Waals surface area contributed by atoms with Crippen molar-refractivity contribution in [3.05, 3.63) is 70.5 Å². The summed E-state index contributed by atoms with van der Waals surface area (Å²) in [5.41, 5.74) is 3.75. The van der Waals surface area contributed by atoms with Crippen LogP contribution >= 0.6 is 0 Å². The van der Waals surface area contributed by atoms with Crippen LogP contribution in [0.25, 0.3) is 0 Å². The zero-order valence-corrected chi connectivity index (χ0v) is 16.8. The lowest BCUT2D eigenvalue weighted by molar-refractivity contribution is 0.0956. The fourth-order valence-corrected chi connectivity index (χ4v) is 2.79. The fraction of sp³-hybridized carbons (Fsp3) is 0.364. The molecule has 6 heteroatoms. The molecule has 2 rings (SSSR count). The minimum atomic E-state index is -0.206. The lowest BCUT2D eigenvalue weighted by atomic mass is 10.1. The van der Waals surface area contributed by atoms with E-state index < -0.39 is 0 Å². The molecule has 0 fully saturated rings. The van der Waals surface area contributed by atoms with Gasteiger partial charge in [0, 0.05) is 25.2 Å². The lowest BCUT2D eigenvalue weighted by Gasteiger charge is -2.12. The highest BCUT2D eigenvalue weighted by atomic mass is 19.1. The van der Waals surface area contributed by atoms with Crippen LogP contribution in [-0.2, 0) is 13.0 Å². The first-order valence-corrected chi connectivity index (χ1v) is 9.67. The van der Waals surface area contributed by atoms with Crippen LogP contribution < -0.4 is 16.0 Å². The Hall–Kier alpha value is -2.89. The Morgan fingerprint density at radius 2 is 1.71 bits per heavy atom. The number of carbonyl (C=O) groups excluding carboxylic acids is 1. The van der Waals surface area contributed by atoms with Gasteiger partial charge in [0.1, 0.15) is 5.82 Å². The maximum absolute atomic E-state index is 13.2. The van der Waals surface area contributed by atoms with Crippen LogP contribution in [0.4, 0.5) is 4.39 Å². The molecule has 150 valence electrons. The first kappa shape index (κ1) is 21.4. The van der Waals surface area contributed by atoms with Gasteiger partial charge in [-0.1, -0.05) is 18.2 Å². The molecule has 0 saturated heterocycles. The van der Waals surface area contributed by atoms with E-state index in [1.807, 2.05) is 51.1 Å². The van der Waals surface area contributed by atoms with Gasteiger partial charge in [0.15, 0.2) is 5.96 Å². The molecule has 0 radical (unpaired) electrons. The number of hydrogen-bond acceptors (Lipinski definition) is 2. The third-order valence-electron chi connectivity index (χ3n) is 4.31. The topological polar surface area (TPSA) is 65.5 Å². The average Bonchev–Trinajstić information content (AvgIpc) is 2.68. The van der Waals surface area contributed by atoms with E-state index in [4.69, 9.17) is 0 Å². The molecular formula is C22H29FN4O. The minimum absolute atomic E-state index is 0.0661. The van der Waals surface area contributed by atoms with E-state index >= 15 is 0 Å². The number of aliphatic imine (C=N–C) groups is 1. The summed E-state index contributed by atoms with van der Waals surface area (Å²) in [5.74, 6) is 0.459. The van der Waals surface area contributed by atoms with Crippen molar-refractivity contribution in [1.82, 2.24) is 16.0 Å². The van der Waals surface area contributed by atoms with Crippen LogP contribution in [0.1, 0.15) is 40.9 Å². The van der Waals surface area contributed by atoms with E-state index in [1.165, 1.54) is 6.07 Å². The Bertz CT molecular complexity index is 803. The third-order valence-corrected chi connectivity index (χ3v) is 4.31. The third kappa shape index (κ3) is 6.68. The Labute approximate surface area is 166 Å². The van der Waals surface area contributed by atoms with Crippen LogP contribution in [0.3, 0.4) is 0 Å². The number of nitrogens with one attached hydrogen (secondary N) is 3. The highest BCUT2D eigenvalue weighted by Gasteiger charge is 2.04. The van der Waals surface area contributed by atoms with Gasteiger partial charge < -0.3 is 16.0 Å². The summed E-state index contributed by atoms with van der Waals surface area (Å²) in [6, 6.07) is 12.3. The Balaban J connectivity index is 1.91. The smallest absolute Gasteiger partial charge is 0.251 e. The predicted molar refractivity (Wildman–Crippen MR) is 112 cm³/mol. The molecule has 0 bridgehead atoms. The van der Waals surface area contributed by atoms with Crippen LogP contribution in [0.5, 0.6) is 0 Å². The van der Waals surface area contributed by atoms with E-state index in [0.717, 1.165) is 35.6 Å². The van der Waals surface area contributed by atoms with E-state index in [9.17, 15) is 9.18 Å². The SMILES string of the molecule is CCNC(=O)c1ccc(CN=C(NCC)NCCc2ccc(F)cc2C)cc1. The van der Waals surface area contributed by atoms with Crippen molar-refractivity contribution < 1.29 is 9.18 Å². The molecule has 0 aromatic heterocycles. The van der Waals surface area contributed by atoms with Crippen LogP contribution in [0.15, 0.2) is 47.5 Å². The van der Waals surface area contributed by atoms with Gasteiger partial charge in [-0.15, -0.1) is 0 Å². The van der Waals surface area contributed by atoms with Crippen molar-refractivity contribution >= 4 is 11.9 Å². The molecule has 2 aromatic carbocycles. The molecular weight excluding hydrogens is 355 g/mol. The number of carbonyl (C=O) groups is 1. The molecule has 1 amide bonds. The van der Waals surface area contributed by atoms with Crippen molar-refractivity contribution in [2.45, 2.75) is 33.7 Å². The van der Waals surface area contributed by atoms with E-state index in [-0.39, 0.29) is 11.7 Å².